The van der Waals surface area contributed by atoms with Gasteiger partial charge in [-0.05, 0) is 24.3 Å². The number of hydrogen-bond acceptors (Lipinski definition) is 5. The van der Waals surface area contributed by atoms with Gasteiger partial charge >= 0.3 is 0 Å². The van der Waals surface area contributed by atoms with E-state index in [0.717, 1.165) is 11.5 Å². The van der Waals surface area contributed by atoms with Crippen LogP contribution in [0.5, 0.6) is 11.5 Å². The van der Waals surface area contributed by atoms with E-state index in [1.807, 2.05) is 60.7 Å². The van der Waals surface area contributed by atoms with Crippen LogP contribution in [0, 0.1) is 0 Å². The lowest BCUT2D eigenvalue weighted by atomic mass is 10.3. The first-order valence-electron chi connectivity index (χ1n) is 7.52. The summed E-state index contributed by atoms with van der Waals surface area (Å²) >= 11 is 0. The van der Waals surface area contributed by atoms with Gasteiger partial charge in [0, 0.05) is 0 Å². The molecule has 0 aromatic heterocycles. The van der Waals surface area contributed by atoms with Gasteiger partial charge in [0.25, 0.3) is 0 Å². The van der Waals surface area contributed by atoms with Gasteiger partial charge in [-0.1, -0.05) is 36.4 Å². The van der Waals surface area contributed by atoms with E-state index >= 15 is 0 Å². The van der Waals surface area contributed by atoms with Crippen molar-refractivity contribution < 1.29 is 24.4 Å². The predicted molar refractivity (Wildman–Crippen MR) is 88.8 cm³/mol. The van der Waals surface area contributed by atoms with E-state index in [4.69, 9.17) is 24.4 Å². The maximum atomic E-state index is 8.26. The van der Waals surface area contributed by atoms with Crippen molar-refractivity contribution in [3.8, 4) is 11.5 Å². The zero-order valence-corrected chi connectivity index (χ0v) is 13.1. The van der Waals surface area contributed by atoms with Crippen LogP contribution in [0.1, 0.15) is 0 Å². The first-order chi connectivity index (χ1) is 11.4. The summed E-state index contributed by atoms with van der Waals surface area (Å²) in [7, 11) is 0. The van der Waals surface area contributed by atoms with Gasteiger partial charge in [0.15, 0.2) is 0 Å². The van der Waals surface area contributed by atoms with E-state index in [9.17, 15) is 0 Å². The largest absolute Gasteiger partial charge is 0.457 e. The molecule has 0 spiro atoms. The molecular formula is C18H24O5. The van der Waals surface area contributed by atoms with Gasteiger partial charge in [0.05, 0.1) is 39.6 Å². The van der Waals surface area contributed by atoms with Gasteiger partial charge in [-0.15, -0.1) is 0 Å². The third kappa shape index (κ3) is 10.4. The van der Waals surface area contributed by atoms with Crippen LogP contribution in [0.3, 0.4) is 0 Å². The highest BCUT2D eigenvalue weighted by Crippen LogP contribution is 2.19. The second-order valence-corrected chi connectivity index (χ2v) is 4.40. The van der Waals surface area contributed by atoms with Crippen molar-refractivity contribution in [3.05, 3.63) is 60.7 Å². The molecule has 0 aliphatic heterocycles. The minimum absolute atomic E-state index is 0.0417. The molecule has 2 N–H and O–H groups in total. The third-order valence-electron chi connectivity index (χ3n) is 2.57. The molecule has 0 unspecified atom stereocenters. The van der Waals surface area contributed by atoms with E-state index in [1.54, 1.807) is 0 Å². The second-order valence-electron chi connectivity index (χ2n) is 4.40. The van der Waals surface area contributed by atoms with Crippen LogP contribution in [0.4, 0.5) is 0 Å². The number of benzene rings is 2. The smallest absolute Gasteiger partial charge is 0.127 e. The number of aliphatic hydroxyl groups excluding tert-OH is 2. The summed E-state index contributed by atoms with van der Waals surface area (Å²) in [6, 6.07) is 19.5. The van der Waals surface area contributed by atoms with E-state index in [-0.39, 0.29) is 13.2 Å². The molecule has 0 aliphatic rings. The average molecular weight is 320 g/mol. The van der Waals surface area contributed by atoms with Crippen molar-refractivity contribution in [1.29, 1.82) is 0 Å². The van der Waals surface area contributed by atoms with E-state index < -0.39 is 0 Å². The molecule has 0 bridgehead atoms. The Labute approximate surface area is 137 Å². The molecule has 23 heavy (non-hydrogen) atoms. The first kappa shape index (κ1) is 19.1. The molecule has 0 radical (unpaired) electrons. The van der Waals surface area contributed by atoms with Crippen LogP contribution < -0.4 is 4.74 Å². The first-order valence-corrected chi connectivity index (χ1v) is 7.52. The molecule has 0 saturated carbocycles. The quantitative estimate of drug-likeness (QED) is 0.695. The number of aliphatic hydroxyl groups is 2. The minimum Gasteiger partial charge on any atom is -0.457 e. The topological polar surface area (TPSA) is 68.2 Å². The Morgan fingerprint density at radius 2 is 0.957 bits per heavy atom. The standard InChI is InChI=1S/C12H10O.C6H14O4/c1-3-7-11(8-4-1)13-12-9-5-2-6-10-12;7-1-3-9-5-6-10-4-2-8/h1-10H;7-8H,1-6H2. The highest BCUT2D eigenvalue weighted by atomic mass is 16.5. The summed E-state index contributed by atoms with van der Waals surface area (Å²) in [6.07, 6.45) is 0. The lowest BCUT2D eigenvalue weighted by molar-refractivity contribution is 0.0222. The van der Waals surface area contributed by atoms with Crippen molar-refractivity contribution in [2.24, 2.45) is 0 Å². The third-order valence-corrected chi connectivity index (χ3v) is 2.57. The average Bonchev–Trinajstić information content (AvgIpc) is 2.60. The second kappa shape index (κ2) is 13.7. The van der Waals surface area contributed by atoms with Gasteiger partial charge in [0.2, 0.25) is 0 Å². The molecule has 0 heterocycles. The fraction of sp³-hybridized carbons (Fsp3) is 0.333. The summed E-state index contributed by atoms with van der Waals surface area (Å²) in [5, 5.41) is 16.5. The molecule has 5 heteroatoms. The minimum atomic E-state index is 0.0417. The Morgan fingerprint density at radius 1 is 0.565 bits per heavy atom. The van der Waals surface area contributed by atoms with E-state index in [1.165, 1.54) is 0 Å². The molecule has 2 aromatic rings. The van der Waals surface area contributed by atoms with Crippen molar-refractivity contribution in [2.75, 3.05) is 39.6 Å². The fourth-order valence-electron chi connectivity index (χ4n) is 1.56. The van der Waals surface area contributed by atoms with Gasteiger partial charge in [-0.2, -0.15) is 0 Å². The summed E-state index contributed by atoms with van der Waals surface area (Å²) in [5.41, 5.74) is 0. The Balaban J connectivity index is 0.000000241. The Morgan fingerprint density at radius 3 is 1.30 bits per heavy atom. The van der Waals surface area contributed by atoms with E-state index in [2.05, 4.69) is 0 Å². The predicted octanol–water partition coefficient (Wildman–Crippen LogP) is 2.48. The summed E-state index contributed by atoms with van der Waals surface area (Å²) in [6.45, 7) is 1.73. The number of para-hydroxylation sites is 2. The fourth-order valence-corrected chi connectivity index (χ4v) is 1.56. The summed E-state index contributed by atoms with van der Waals surface area (Å²) in [4.78, 5) is 0. The van der Waals surface area contributed by atoms with Crippen molar-refractivity contribution in [2.45, 2.75) is 0 Å². The summed E-state index contributed by atoms with van der Waals surface area (Å²) < 4.78 is 15.3. The van der Waals surface area contributed by atoms with Gasteiger partial charge < -0.3 is 24.4 Å². The molecule has 2 rings (SSSR count). The maximum Gasteiger partial charge on any atom is 0.127 e. The zero-order valence-electron chi connectivity index (χ0n) is 13.1. The monoisotopic (exact) mass is 320 g/mol. The molecule has 0 amide bonds. The zero-order chi connectivity index (χ0) is 16.6. The molecular weight excluding hydrogens is 296 g/mol. The number of rotatable bonds is 9. The van der Waals surface area contributed by atoms with Crippen LogP contribution in [0.25, 0.3) is 0 Å². The highest BCUT2D eigenvalue weighted by molar-refractivity contribution is 5.30. The highest BCUT2D eigenvalue weighted by Gasteiger charge is 1.92. The van der Waals surface area contributed by atoms with Crippen LogP contribution in [-0.4, -0.2) is 49.9 Å². The molecule has 2 aromatic carbocycles. The van der Waals surface area contributed by atoms with Crippen LogP contribution >= 0.6 is 0 Å². The van der Waals surface area contributed by atoms with Gasteiger partial charge in [-0.3, -0.25) is 0 Å². The Kier molecular flexibility index (Phi) is 11.4. The molecule has 126 valence electrons. The molecule has 0 saturated heterocycles. The van der Waals surface area contributed by atoms with Crippen molar-refractivity contribution >= 4 is 0 Å². The molecule has 5 nitrogen and oxygen atoms in total. The number of ether oxygens (including phenoxy) is 3. The van der Waals surface area contributed by atoms with Crippen LogP contribution in [0.2, 0.25) is 0 Å². The van der Waals surface area contributed by atoms with Crippen LogP contribution in [0.15, 0.2) is 60.7 Å². The normalized spacial score (nSPS) is 9.83. The van der Waals surface area contributed by atoms with Crippen LogP contribution in [-0.2, 0) is 9.47 Å². The van der Waals surface area contributed by atoms with E-state index in [0.29, 0.717) is 26.4 Å². The Bertz CT molecular complexity index is 430. The van der Waals surface area contributed by atoms with Gasteiger partial charge in [0.1, 0.15) is 11.5 Å². The molecule has 0 atom stereocenters. The lowest BCUT2D eigenvalue weighted by Gasteiger charge is -2.03. The van der Waals surface area contributed by atoms with Crippen molar-refractivity contribution in [1.82, 2.24) is 0 Å². The lowest BCUT2D eigenvalue weighted by Crippen LogP contribution is -2.09. The SMILES string of the molecule is OCCOCCOCCO.c1ccc(Oc2ccccc2)cc1. The maximum absolute atomic E-state index is 8.26. The summed E-state index contributed by atoms with van der Waals surface area (Å²) in [5.74, 6) is 1.74. The molecule has 0 aliphatic carbocycles. The molecule has 0 fully saturated rings. The number of hydrogen-bond donors (Lipinski definition) is 2. The Hall–Kier alpha value is -1.92. The van der Waals surface area contributed by atoms with Gasteiger partial charge in [-0.25, -0.2) is 0 Å². The van der Waals surface area contributed by atoms with Crippen molar-refractivity contribution in [3.63, 3.8) is 0 Å².